The van der Waals surface area contributed by atoms with Crippen molar-refractivity contribution >= 4 is 23.1 Å². The van der Waals surface area contributed by atoms with Gasteiger partial charge in [-0.25, -0.2) is 4.98 Å². The van der Waals surface area contributed by atoms with E-state index in [9.17, 15) is 0 Å². The maximum atomic E-state index is 5.77. The molecule has 0 atom stereocenters. The summed E-state index contributed by atoms with van der Waals surface area (Å²) >= 11 is 7.18. The van der Waals surface area contributed by atoms with Gasteiger partial charge >= 0.3 is 0 Å². The van der Waals surface area contributed by atoms with Crippen LogP contribution in [0.4, 0.5) is 0 Å². The Labute approximate surface area is 85.4 Å². The topological polar surface area (TPSA) is 25.8 Å². The van der Waals surface area contributed by atoms with Gasteiger partial charge in [0.1, 0.15) is 5.01 Å². The molecule has 13 heavy (non-hydrogen) atoms. The van der Waals surface area contributed by atoms with Crippen LogP contribution in [0.3, 0.4) is 0 Å². The van der Waals surface area contributed by atoms with Crippen LogP contribution in [0.5, 0.6) is 0 Å². The molecule has 0 fully saturated rings. The Balaban J connectivity index is 2.41. The number of benzene rings is 1. The van der Waals surface area contributed by atoms with E-state index in [4.69, 9.17) is 11.6 Å². The summed E-state index contributed by atoms with van der Waals surface area (Å²) in [5.41, 5.74) is 1.01. The Bertz CT molecular complexity index is 408. The third kappa shape index (κ3) is 1.87. The van der Waals surface area contributed by atoms with Gasteiger partial charge in [-0.3, -0.25) is 0 Å². The molecule has 0 aliphatic carbocycles. The normalized spacial score (nSPS) is 10.3. The molecule has 2 aromatic rings. The predicted molar refractivity (Wildman–Crippen MR) is 55.1 cm³/mol. The summed E-state index contributed by atoms with van der Waals surface area (Å²) in [5, 5.41) is 1.71. The average Bonchev–Trinajstić information content (AvgIpc) is 2.53. The number of rotatable bonds is 1. The van der Waals surface area contributed by atoms with E-state index in [2.05, 4.69) is 9.36 Å². The fourth-order valence-corrected chi connectivity index (χ4v) is 1.63. The van der Waals surface area contributed by atoms with Crippen molar-refractivity contribution < 1.29 is 0 Å². The largest absolute Gasteiger partial charge is 0.220 e. The molecule has 2 nitrogen and oxygen atoms in total. The van der Waals surface area contributed by atoms with Crippen LogP contribution in [0, 0.1) is 6.92 Å². The van der Waals surface area contributed by atoms with Gasteiger partial charge in [0, 0.05) is 10.6 Å². The lowest BCUT2D eigenvalue weighted by Gasteiger charge is -1.93. The third-order valence-corrected chi connectivity index (χ3v) is 2.50. The van der Waals surface area contributed by atoms with Gasteiger partial charge in [0.15, 0.2) is 5.82 Å². The maximum absolute atomic E-state index is 5.77. The van der Waals surface area contributed by atoms with E-state index in [1.54, 1.807) is 0 Å². The number of halogens is 1. The molecule has 2 rings (SSSR count). The zero-order valence-electron chi connectivity index (χ0n) is 6.99. The molecule has 0 amide bonds. The molecule has 0 saturated carbocycles. The van der Waals surface area contributed by atoms with E-state index < -0.39 is 0 Å². The molecule has 0 bridgehead atoms. The van der Waals surface area contributed by atoms with Gasteiger partial charge in [-0.2, -0.15) is 4.37 Å². The van der Waals surface area contributed by atoms with Gasteiger partial charge in [0.2, 0.25) is 0 Å². The molecule has 1 aromatic carbocycles. The van der Waals surface area contributed by atoms with Gasteiger partial charge in [0.25, 0.3) is 0 Å². The van der Waals surface area contributed by atoms with Crippen LogP contribution in [0.2, 0.25) is 5.02 Å². The van der Waals surface area contributed by atoms with Crippen molar-refractivity contribution in [3.8, 4) is 11.4 Å². The molecule has 0 radical (unpaired) electrons. The Kier molecular flexibility index (Phi) is 2.29. The maximum Gasteiger partial charge on any atom is 0.173 e. The third-order valence-electron chi connectivity index (χ3n) is 1.63. The van der Waals surface area contributed by atoms with E-state index >= 15 is 0 Å². The van der Waals surface area contributed by atoms with Crippen LogP contribution < -0.4 is 0 Å². The molecule has 66 valence electrons. The molecular formula is C9H7ClN2S. The lowest BCUT2D eigenvalue weighted by Crippen LogP contribution is -1.79. The van der Waals surface area contributed by atoms with E-state index in [1.165, 1.54) is 11.5 Å². The van der Waals surface area contributed by atoms with E-state index in [0.717, 1.165) is 21.4 Å². The first-order valence-electron chi connectivity index (χ1n) is 3.82. The fraction of sp³-hybridized carbons (Fsp3) is 0.111. The minimum Gasteiger partial charge on any atom is -0.220 e. The van der Waals surface area contributed by atoms with Crippen molar-refractivity contribution in [3.63, 3.8) is 0 Å². The van der Waals surface area contributed by atoms with E-state index in [1.807, 2.05) is 31.2 Å². The van der Waals surface area contributed by atoms with Crippen LogP contribution in [-0.4, -0.2) is 9.36 Å². The highest BCUT2D eigenvalue weighted by Gasteiger charge is 2.02. The second-order valence-electron chi connectivity index (χ2n) is 2.64. The van der Waals surface area contributed by atoms with Crippen LogP contribution in [-0.2, 0) is 0 Å². The summed E-state index contributed by atoms with van der Waals surface area (Å²) in [4.78, 5) is 4.27. The molecule has 0 aliphatic rings. The molecule has 0 saturated heterocycles. The molecular weight excluding hydrogens is 204 g/mol. The summed E-state index contributed by atoms with van der Waals surface area (Å²) in [5.74, 6) is 0.777. The number of aromatic nitrogens is 2. The van der Waals surface area contributed by atoms with Crippen molar-refractivity contribution in [2.45, 2.75) is 6.92 Å². The summed E-state index contributed by atoms with van der Waals surface area (Å²) in [6, 6.07) is 7.52. The SMILES string of the molecule is Cc1nc(-c2ccc(Cl)cc2)ns1. The van der Waals surface area contributed by atoms with Crippen molar-refractivity contribution in [3.05, 3.63) is 34.3 Å². The second kappa shape index (κ2) is 3.44. The highest BCUT2D eigenvalue weighted by atomic mass is 35.5. The summed E-state index contributed by atoms with van der Waals surface area (Å²) < 4.78 is 4.20. The van der Waals surface area contributed by atoms with Gasteiger partial charge < -0.3 is 0 Å². The minimum atomic E-state index is 0.732. The molecule has 1 aromatic heterocycles. The first-order chi connectivity index (χ1) is 6.25. The van der Waals surface area contributed by atoms with Crippen LogP contribution in [0.1, 0.15) is 5.01 Å². The number of hydrogen-bond donors (Lipinski definition) is 0. The predicted octanol–water partition coefficient (Wildman–Crippen LogP) is 3.17. The molecule has 0 N–H and O–H groups in total. The Hall–Kier alpha value is -0.930. The van der Waals surface area contributed by atoms with Crippen LogP contribution in [0.25, 0.3) is 11.4 Å². The standard InChI is InChI=1S/C9H7ClN2S/c1-6-11-9(12-13-6)7-2-4-8(10)5-3-7/h2-5H,1H3. The first-order valence-corrected chi connectivity index (χ1v) is 4.97. The average molecular weight is 211 g/mol. The van der Waals surface area contributed by atoms with Gasteiger partial charge in [-0.1, -0.05) is 11.6 Å². The lowest BCUT2D eigenvalue weighted by atomic mass is 10.2. The van der Waals surface area contributed by atoms with Crippen LogP contribution in [0.15, 0.2) is 24.3 Å². The van der Waals surface area contributed by atoms with Crippen LogP contribution >= 0.6 is 23.1 Å². The number of nitrogens with zero attached hydrogens (tertiary/aromatic N) is 2. The summed E-state index contributed by atoms with van der Waals surface area (Å²) in [6.07, 6.45) is 0. The fourth-order valence-electron chi connectivity index (χ4n) is 1.02. The summed E-state index contributed by atoms with van der Waals surface area (Å²) in [6.45, 7) is 1.94. The quantitative estimate of drug-likeness (QED) is 0.723. The smallest absolute Gasteiger partial charge is 0.173 e. The van der Waals surface area contributed by atoms with Gasteiger partial charge in [-0.15, -0.1) is 0 Å². The minimum absolute atomic E-state index is 0.732. The molecule has 0 unspecified atom stereocenters. The van der Waals surface area contributed by atoms with E-state index in [-0.39, 0.29) is 0 Å². The van der Waals surface area contributed by atoms with Crippen molar-refractivity contribution in [1.82, 2.24) is 9.36 Å². The van der Waals surface area contributed by atoms with Crippen molar-refractivity contribution in [1.29, 1.82) is 0 Å². The number of aryl methyl sites for hydroxylation is 1. The van der Waals surface area contributed by atoms with E-state index in [0.29, 0.717) is 0 Å². The second-order valence-corrected chi connectivity index (χ2v) is 4.04. The van der Waals surface area contributed by atoms with Gasteiger partial charge in [-0.05, 0) is 42.7 Å². The molecule has 0 aliphatic heterocycles. The molecule has 0 spiro atoms. The summed E-state index contributed by atoms with van der Waals surface area (Å²) in [7, 11) is 0. The Morgan fingerprint density at radius 3 is 2.46 bits per heavy atom. The first kappa shape index (κ1) is 8.66. The molecule has 4 heteroatoms. The highest BCUT2D eigenvalue weighted by molar-refractivity contribution is 7.05. The monoisotopic (exact) mass is 210 g/mol. The number of hydrogen-bond acceptors (Lipinski definition) is 3. The molecule has 1 heterocycles. The van der Waals surface area contributed by atoms with Crippen molar-refractivity contribution in [2.24, 2.45) is 0 Å². The lowest BCUT2D eigenvalue weighted by molar-refractivity contribution is 1.26. The highest BCUT2D eigenvalue weighted by Crippen LogP contribution is 2.19. The zero-order valence-corrected chi connectivity index (χ0v) is 8.56. The zero-order chi connectivity index (χ0) is 9.26. The van der Waals surface area contributed by atoms with Gasteiger partial charge in [0.05, 0.1) is 0 Å². The Morgan fingerprint density at radius 1 is 1.23 bits per heavy atom. The Morgan fingerprint density at radius 2 is 1.92 bits per heavy atom. The van der Waals surface area contributed by atoms with Crippen molar-refractivity contribution in [2.75, 3.05) is 0 Å².